The van der Waals surface area contributed by atoms with E-state index in [1.165, 1.54) is 0 Å². The average molecular weight is 473 g/mol. The average Bonchev–Trinajstić information content (AvgIpc) is 2.41. The van der Waals surface area contributed by atoms with Gasteiger partial charge in [-0.1, -0.05) is 23.2 Å². The molecule has 1 aliphatic rings. The zero-order valence-electron chi connectivity index (χ0n) is 13.4. The van der Waals surface area contributed by atoms with Crippen LogP contribution in [0, 0.1) is 3.83 Å². The van der Waals surface area contributed by atoms with Gasteiger partial charge in [0.15, 0.2) is 14.8 Å². The van der Waals surface area contributed by atoms with Crippen molar-refractivity contribution < 1.29 is 9.53 Å². The molecule has 0 aromatic carbocycles. The minimum Gasteiger partial charge on any atom is -0.444 e. The third-order valence-electron chi connectivity index (χ3n) is 3.32. The van der Waals surface area contributed by atoms with E-state index >= 15 is 0 Å². The van der Waals surface area contributed by atoms with Gasteiger partial charge in [0.1, 0.15) is 10.6 Å². The Morgan fingerprint density at radius 2 is 1.96 bits per heavy atom. The summed E-state index contributed by atoms with van der Waals surface area (Å²) in [6, 6.07) is 0.0375. The van der Waals surface area contributed by atoms with Crippen molar-refractivity contribution in [2.75, 3.05) is 24.5 Å². The van der Waals surface area contributed by atoms with E-state index in [2.05, 4.69) is 9.97 Å². The van der Waals surface area contributed by atoms with E-state index in [4.69, 9.17) is 27.9 Å². The number of carbonyl (C=O) groups is 1. The number of halogens is 3. The van der Waals surface area contributed by atoms with Crippen molar-refractivity contribution in [3.63, 3.8) is 0 Å². The molecule has 128 valence electrons. The van der Waals surface area contributed by atoms with Gasteiger partial charge in [-0.25, -0.2) is 14.8 Å². The summed E-state index contributed by atoms with van der Waals surface area (Å²) < 4.78 is 5.96. The van der Waals surface area contributed by atoms with E-state index in [-0.39, 0.29) is 17.3 Å². The molecule has 2 heterocycles. The SMILES string of the molecule is C[C@H]1CN(C(=O)OC(C)(C)C)CCN1c1nc(I)nc(Cl)c1Cl. The van der Waals surface area contributed by atoms with Gasteiger partial charge < -0.3 is 14.5 Å². The van der Waals surface area contributed by atoms with Gasteiger partial charge in [0.25, 0.3) is 0 Å². The second-order valence-electron chi connectivity index (χ2n) is 6.39. The topological polar surface area (TPSA) is 58.6 Å². The molecule has 6 nitrogen and oxygen atoms in total. The van der Waals surface area contributed by atoms with E-state index in [1.807, 2.05) is 55.2 Å². The number of aromatic nitrogens is 2. The van der Waals surface area contributed by atoms with Crippen LogP contribution in [0.1, 0.15) is 27.7 Å². The molecule has 0 radical (unpaired) electrons. The van der Waals surface area contributed by atoms with Gasteiger partial charge in [0.2, 0.25) is 0 Å². The Hall–Kier alpha value is -0.540. The Morgan fingerprint density at radius 1 is 1.30 bits per heavy atom. The number of hydrogen-bond donors (Lipinski definition) is 0. The number of rotatable bonds is 1. The lowest BCUT2D eigenvalue weighted by atomic mass is 10.2. The molecule has 0 unspecified atom stereocenters. The van der Waals surface area contributed by atoms with Crippen LogP contribution in [-0.2, 0) is 4.74 Å². The summed E-state index contributed by atoms with van der Waals surface area (Å²) in [5.74, 6) is 0.604. The van der Waals surface area contributed by atoms with Crippen LogP contribution >= 0.6 is 45.8 Å². The Labute approximate surface area is 159 Å². The predicted molar refractivity (Wildman–Crippen MR) is 99.4 cm³/mol. The summed E-state index contributed by atoms with van der Waals surface area (Å²) in [6.07, 6.45) is -0.301. The highest BCUT2D eigenvalue weighted by Gasteiger charge is 2.31. The predicted octanol–water partition coefficient (Wildman–Crippen LogP) is 3.83. The maximum atomic E-state index is 12.2. The van der Waals surface area contributed by atoms with Gasteiger partial charge in [-0.2, -0.15) is 0 Å². The summed E-state index contributed by atoms with van der Waals surface area (Å²) in [7, 11) is 0. The summed E-state index contributed by atoms with van der Waals surface area (Å²) in [5.41, 5.74) is -0.503. The van der Waals surface area contributed by atoms with Gasteiger partial charge in [-0.3, -0.25) is 0 Å². The fraction of sp³-hybridized carbons (Fsp3) is 0.643. The molecule has 1 aromatic heterocycles. The van der Waals surface area contributed by atoms with Crippen LogP contribution in [0.15, 0.2) is 0 Å². The second-order valence-corrected chi connectivity index (χ2v) is 8.09. The first-order chi connectivity index (χ1) is 10.6. The van der Waals surface area contributed by atoms with Gasteiger partial charge in [0, 0.05) is 48.3 Å². The largest absolute Gasteiger partial charge is 0.444 e. The Bertz CT molecular complexity index is 609. The van der Waals surface area contributed by atoms with Crippen LogP contribution in [-0.4, -0.2) is 52.2 Å². The first-order valence-electron chi connectivity index (χ1n) is 7.21. The van der Waals surface area contributed by atoms with Gasteiger partial charge in [0.05, 0.1) is 0 Å². The normalized spacial score (nSPS) is 19.0. The van der Waals surface area contributed by atoms with E-state index in [9.17, 15) is 4.79 Å². The van der Waals surface area contributed by atoms with Crippen molar-refractivity contribution in [3.8, 4) is 0 Å². The van der Waals surface area contributed by atoms with Crippen LogP contribution in [0.4, 0.5) is 10.6 Å². The van der Waals surface area contributed by atoms with E-state index in [0.29, 0.717) is 34.3 Å². The molecule has 1 amide bonds. The van der Waals surface area contributed by atoms with E-state index in [1.54, 1.807) is 4.90 Å². The Morgan fingerprint density at radius 3 is 2.52 bits per heavy atom. The monoisotopic (exact) mass is 472 g/mol. The molecule has 0 bridgehead atoms. The second kappa shape index (κ2) is 7.14. The molecule has 1 aromatic rings. The number of ether oxygens (including phenoxy) is 1. The number of piperazine rings is 1. The number of anilines is 1. The highest BCUT2D eigenvalue weighted by atomic mass is 127. The smallest absolute Gasteiger partial charge is 0.410 e. The zero-order chi connectivity index (χ0) is 17.4. The van der Waals surface area contributed by atoms with Crippen molar-refractivity contribution >= 4 is 57.7 Å². The molecule has 1 atom stereocenters. The third-order valence-corrected chi connectivity index (χ3v) is 4.52. The first kappa shape index (κ1) is 18.8. The summed E-state index contributed by atoms with van der Waals surface area (Å²) in [6.45, 7) is 9.25. The summed E-state index contributed by atoms with van der Waals surface area (Å²) in [4.78, 5) is 24.4. The molecule has 1 fully saturated rings. The molecule has 0 aliphatic carbocycles. The molecule has 0 spiro atoms. The minimum absolute atomic E-state index is 0.0375. The minimum atomic E-state index is -0.503. The lowest BCUT2D eigenvalue weighted by Crippen LogP contribution is -2.55. The molecule has 1 aliphatic heterocycles. The molecular weight excluding hydrogens is 454 g/mol. The standard InChI is InChI=1S/C14H19Cl2IN4O2/c1-8-7-20(13(22)23-14(2,3)4)5-6-21(8)11-9(15)10(16)18-12(17)19-11/h8H,5-7H2,1-4H3/t8-/m0/s1. The summed E-state index contributed by atoms with van der Waals surface area (Å²) in [5, 5.41) is 0.576. The molecule has 9 heteroatoms. The van der Waals surface area contributed by atoms with Crippen molar-refractivity contribution in [1.29, 1.82) is 0 Å². The number of nitrogens with zero attached hydrogens (tertiary/aromatic N) is 4. The van der Waals surface area contributed by atoms with Gasteiger partial charge >= 0.3 is 6.09 Å². The zero-order valence-corrected chi connectivity index (χ0v) is 17.1. The van der Waals surface area contributed by atoms with Crippen molar-refractivity contribution in [3.05, 3.63) is 14.0 Å². The van der Waals surface area contributed by atoms with Crippen molar-refractivity contribution in [1.82, 2.24) is 14.9 Å². The molecule has 0 saturated carbocycles. The lowest BCUT2D eigenvalue weighted by molar-refractivity contribution is 0.0218. The van der Waals surface area contributed by atoms with Crippen LogP contribution < -0.4 is 4.90 Å². The van der Waals surface area contributed by atoms with E-state index < -0.39 is 5.60 Å². The van der Waals surface area contributed by atoms with Gasteiger partial charge in [-0.15, -0.1) is 0 Å². The fourth-order valence-corrected chi connectivity index (χ4v) is 3.31. The highest BCUT2D eigenvalue weighted by Crippen LogP contribution is 2.32. The number of carbonyl (C=O) groups excluding carboxylic acids is 1. The van der Waals surface area contributed by atoms with E-state index in [0.717, 1.165) is 0 Å². The van der Waals surface area contributed by atoms with Crippen LogP contribution in [0.5, 0.6) is 0 Å². The maximum absolute atomic E-state index is 12.2. The third kappa shape index (κ3) is 4.73. The Balaban J connectivity index is 2.12. The van der Waals surface area contributed by atoms with Crippen molar-refractivity contribution in [2.24, 2.45) is 0 Å². The molecule has 0 N–H and O–H groups in total. The number of amides is 1. The fourth-order valence-electron chi connectivity index (χ4n) is 2.34. The quantitative estimate of drug-likeness (QED) is 0.353. The molecular formula is C14H19Cl2IN4O2. The number of hydrogen-bond acceptors (Lipinski definition) is 5. The van der Waals surface area contributed by atoms with Crippen LogP contribution in [0.3, 0.4) is 0 Å². The van der Waals surface area contributed by atoms with Crippen LogP contribution in [0.25, 0.3) is 0 Å². The molecule has 2 rings (SSSR count). The Kier molecular flexibility index (Phi) is 5.84. The lowest BCUT2D eigenvalue weighted by Gasteiger charge is -2.41. The molecule has 23 heavy (non-hydrogen) atoms. The maximum Gasteiger partial charge on any atom is 0.410 e. The van der Waals surface area contributed by atoms with Gasteiger partial charge in [-0.05, 0) is 27.7 Å². The molecule has 1 saturated heterocycles. The first-order valence-corrected chi connectivity index (χ1v) is 9.05. The van der Waals surface area contributed by atoms with Crippen molar-refractivity contribution in [2.45, 2.75) is 39.3 Å². The highest BCUT2D eigenvalue weighted by molar-refractivity contribution is 14.1. The van der Waals surface area contributed by atoms with Crippen LogP contribution in [0.2, 0.25) is 10.2 Å². The summed E-state index contributed by atoms with van der Waals surface area (Å²) >= 11 is 14.3.